The summed E-state index contributed by atoms with van der Waals surface area (Å²) in [5.74, 6) is 0. The van der Waals surface area contributed by atoms with Crippen LogP contribution in [0.15, 0.2) is 4.52 Å². The Bertz CT molecular complexity index is 260. The summed E-state index contributed by atoms with van der Waals surface area (Å²) in [6.45, 7) is 10.9. The maximum atomic E-state index is 5.27. The van der Waals surface area contributed by atoms with Crippen LogP contribution in [0.25, 0.3) is 0 Å². The van der Waals surface area contributed by atoms with Crippen molar-refractivity contribution in [3.05, 3.63) is 11.3 Å². The molecule has 0 saturated heterocycles. The summed E-state index contributed by atoms with van der Waals surface area (Å²) >= 11 is 0. The molecule has 0 amide bonds. The van der Waals surface area contributed by atoms with Crippen LogP contribution in [0.4, 0.5) is 0 Å². The minimum atomic E-state index is -1.29. The first-order valence-electron chi connectivity index (χ1n) is 3.86. The summed E-state index contributed by atoms with van der Waals surface area (Å²) in [7, 11) is -1.29. The molecule has 3 heteroatoms. The average Bonchev–Trinajstić information content (AvgIpc) is 2.11. The van der Waals surface area contributed by atoms with Crippen LogP contribution in [-0.4, -0.2) is 13.2 Å². The van der Waals surface area contributed by atoms with E-state index >= 15 is 0 Å². The Balaban J connectivity index is 3.15. The number of hydrogen-bond donors (Lipinski definition) is 0. The van der Waals surface area contributed by atoms with Gasteiger partial charge in [-0.2, -0.15) is 0 Å². The van der Waals surface area contributed by atoms with E-state index in [1.807, 2.05) is 6.92 Å². The van der Waals surface area contributed by atoms with Gasteiger partial charge < -0.3 is 4.52 Å². The van der Waals surface area contributed by atoms with Crippen LogP contribution in [0, 0.1) is 13.8 Å². The molecule has 0 fully saturated rings. The number of aryl methyl sites for hydroxylation is 1. The fourth-order valence-electron chi connectivity index (χ4n) is 1.11. The Labute approximate surface area is 68.6 Å². The maximum Gasteiger partial charge on any atom is 0.127 e. The van der Waals surface area contributed by atoms with Gasteiger partial charge in [0.05, 0.1) is 5.69 Å². The van der Waals surface area contributed by atoms with Gasteiger partial charge in [-0.1, -0.05) is 24.8 Å². The molecule has 0 aromatic carbocycles. The number of nitrogens with zero attached hydrogens (tertiary/aromatic N) is 1. The highest BCUT2D eigenvalue weighted by Crippen LogP contribution is 2.08. The third-order valence-electron chi connectivity index (χ3n) is 1.84. The molecule has 2 nitrogen and oxygen atoms in total. The first kappa shape index (κ1) is 8.52. The van der Waals surface area contributed by atoms with Crippen LogP contribution in [0.1, 0.15) is 11.3 Å². The average molecular weight is 169 g/mol. The molecule has 0 aliphatic heterocycles. The molecule has 11 heavy (non-hydrogen) atoms. The van der Waals surface area contributed by atoms with Gasteiger partial charge in [-0.3, -0.25) is 0 Å². The second-order valence-electron chi connectivity index (χ2n) is 3.97. The summed E-state index contributed by atoms with van der Waals surface area (Å²) in [5.41, 5.74) is 2.27. The van der Waals surface area contributed by atoms with Gasteiger partial charge in [0.15, 0.2) is 0 Å². The predicted molar refractivity (Wildman–Crippen MR) is 49.0 cm³/mol. The molecule has 1 aromatic rings. The SMILES string of the molecule is Cc1noc([Si](C)(C)C)c1C. The van der Waals surface area contributed by atoms with E-state index in [0.29, 0.717) is 0 Å². The van der Waals surface area contributed by atoms with Crippen molar-refractivity contribution in [2.24, 2.45) is 0 Å². The van der Waals surface area contributed by atoms with Gasteiger partial charge in [-0.25, -0.2) is 0 Å². The van der Waals surface area contributed by atoms with Gasteiger partial charge >= 0.3 is 0 Å². The molecular weight excluding hydrogens is 154 g/mol. The highest BCUT2D eigenvalue weighted by Gasteiger charge is 2.24. The smallest absolute Gasteiger partial charge is 0.127 e. The zero-order valence-electron chi connectivity index (χ0n) is 7.86. The zero-order chi connectivity index (χ0) is 8.65. The molecule has 0 unspecified atom stereocenters. The second kappa shape index (κ2) is 2.48. The van der Waals surface area contributed by atoms with Crippen LogP contribution in [0.5, 0.6) is 0 Å². The Kier molecular flexibility index (Phi) is 1.92. The van der Waals surface area contributed by atoms with E-state index in [1.165, 1.54) is 5.56 Å². The molecule has 0 atom stereocenters. The van der Waals surface area contributed by atoms with E-state index in [9.17, 15) is 0 Å². The molecule has 0 N–H and O–H groups in total. The molecule has 0 aliphatic carbocycles. The van der Waals surface area contributed by atoms with Crippen molar-refractivity contribution in [2.45, 2.75) is 33.5 Å². The Morgan fingerprint density at radius 1 is 1.18 bits per heavy atom. The van der Waals surface area contributed by atoms with Crippen molar-refractivity contribution in [1.29, 1.82) is 0 Å². The molecule has 1 heterocycles. The highest BCUT2D eigenvalue weighted by molar-refractivity contribution is 6.88. The van der Waals surface area contributed by atoms with Crippen molar-refractivity contribution >= 4 is 13.5 Å². The first-order valence-corrected chi connectivity index (χ1v) is 7.36. The zero-order valence-corrected chi connectivity index (χ0v) is 8.86. The maximum absolute atomic E-state index is 5.27. The molecule has 0 bridgehead atoms. The van der Waals surface area contributed by atoms with E-state index in [-0.39, 0.29) is 0 Å². The Morgan fingerprint density at radius 2 is 1.73 bits per heavy atom. The van der Waals surface area contributed by atoms with Crippen molar-refractivity contribution in [3.8, 4) is 0 Å². The molecule has 0 radical (unpaired) electrons. The molecular formula is C8H15NOSi. The van der Waals surface area contributed by atoms with E-state index < -0.39 is 8.07 Å². The van der Waals surface area contributed by atoms with E-state index in [4.69, 9.17) is 4.52 Å². The van der Waals surface area contributed by atoms with E-state index in [2.05, 4.69) is 31.7 Å². The third-order valence-corrected chi connectivity index (χ3v) is 3.67. The van der Waals surface area contributed by atoms with Gasteiger partial charge in [0.1, 0.15) is 13.5 Å². The van der Waals surface area contributed by atoms with Gasteiger partial charge in [0.25, 0.3) is 0 Å². The van der Waals surface area contributed by atoms with Gasteiger partial charge in [0.2, 0.25) is 0 Å². The molecule has 1 rings (SSSR count). The van der Waals surface area contributed by atoms with Crippen molar-refractivity contribution in [2.75, 3.05) is 0 Å². The fraction of sp³-hybridized carbons (Fsp3) is 0.625. The largest absolute Gasteiger partial charge is 0.366 e. The lowest BCUT2D eigenvalue weighted by Crippen LogP contribution is -2.38. The minimum absolute atomic E-state index is 1.03. The van der Waals surface area contributed by atoms with Crippen molar-refractivity contribution in [1.82, 2.24) is 5.16 Å². The quantitative estimate of drug-likeness (QED) is 0.600. The number of hydrogen-bond acceptors (Lipinski definition) is 2. The van der Waals surface area contributed by atoms with Crippen molar-refractivity contribution in [3.63, 3.8) is 0 Å². The Morgan fingerprint density at radius 3 is 1.91 bits per heavy atom. The van der Waals surface area contributed by atoms with Gasteiger partial charge in [-0.15, -0.1) is 0 Å². The van der Waals surface area contributed by atoms with Crippen LogP contribution in [-0.2, 0) is 0 Å². The third kappa shape index (κ3) is 1.53. The monoisotopic (exact) mass is 169 g/mol. The summed E-state index contributed by atoms with van der Waals surface area (Å²) in [5, 5.41) is 5.08. The van der Waals surface area contributed by atoms with E-state index in [1.54, 1.807) is 0 Å². The Hall–Kier alpha value is -0.573. The number of rotatable bonds is 1. The van der Waals surface area contributed by atoms with Gasteiger partial charge in [-0.05, 0) is 13.8 Å². The van der Waals surface area contributed by atoms with Crippen LogP contribution in [0.2, 0.25) is 19.6 Å². The van der Waals surface area contributed by atoms with Crippen LogP contribution >= 0.6 is 0 Å². The molecule has 0 aliphatic rings. The highest BCUT2D eigenvalue weighted by atomic mass is 28.3. The molecule has 0 saturated carbocycles. The van der Waals surface area contributed by atoms with Crippen molar-refractivity contribution < 1.29 is 4.52 Å². The lowest BCUT2D eigenvalue weighted by Gasteiger charge is -2.11. The molecule has 62 valence electrons. The minimum Gasteiger partial charge on any atom is -0.366 e. The topological polar surface area (TPSA) is 26.0 Å². The normalized spacial score (nSPS) is 12.1. The van der Waals surface area contributed by atoms with Crippen LogP contribution in [0.3, 0.4) is 0 Å². The lowest BCUT2D eigenvalue weighted by atomic mass is 10.3. The second-order valence-corrected chi connectivity index (χ2v) is 8.93. The van der Waals surface area contributed by atoms with Crippen LogP contribution < -0.4 is 5.38 Å². The molecule has 1 aromatic heterocycles. The summed E-state index contributed by atoms with van der Waals surface area (Å²) in [6, 6.07) is 0. The summed E-state index contributed by atoms with van der Waals surface area (Å²) < 4.78 is 5.27. The van der Waals surface area contributed by atoms with Gasteiger partial charge in [0, 0.05) is 5.56 Å². The predicted octanol–water partition coefficient (Wildman–Crippen LogP) is 1.84. The first-order chi connectivity index (χ1) is 4.93. The van der Waals surface area contributed by atoms with E-state index in [0.717, 1.165) is 11.1 Å². The standard InChI is InChI=1S/C8H15NOSi/c1-6-7(2)9-10-8(6)11(3,4)5/h1-5H3. The lowest BCUT2D eigenvalue weighted by molar-refractivity contribution is 0.437. The number of aromatic nitrogens is 1. The summed E-state index contributed by atoms with van der Waals surface area (Å²) in [4.78, 5) is 0. The molecule has 0 spiro atoms. The summed E-state index contributed by atoms with van der Waals surface area (Å²) in [6.07, 6.45) is 0. The fourth-order valence-corrected chi connectivity index (χ4v) is 2.74.